The van der Waals surface area contributed by atoms with Crippen molar-refractivity contribution in [2.45, 2.75) is 13.3 Å². The maximum absolute atomic E-state index is 13.2. The molecule has 0 unspecified atom stereocenters. The zero-order valence-electron chi connectivity index (χ0n) is 8.70. The molecule has 0 amide bonds. The molecule has 0 atom stereocenters. The highest BCUT2D eigenvalue weighted by Crippen LogP contribution is 2.14. The highest BCUT2D eigenvalue weighted by Gasteiger charge is 2.17. The van der Waals surface area contributed by atoms with Crippen molar-refractivity contribution >= 4 is 11.9 Å². The van der Waals surface area contributed by atoms with Gasteiger partial charge in [0.15, 0.2) is 0 Å². The van der Waals surface area contributed by atoms with Crippen LogP contribution >= 0.6 is 0 Å². The van der Waals surface area contributed by atoms with Gasteiger partial charge in [0.1, 0.15) is 5.82 Å². The second kappa shape index (κ2) is 5.25. The maximum atomic E-state index is 13.2. The molecule has 1 aromatic carbocycles. The Kier molecular flexibility index (Phi) is 3.99. The highest BCUT2D eigenvalue weighted by molar-refractivity contribution is 5.91. The van der Waals surface area contributed by atoms with E-state index in [-0.39, 0.29) is 18.6 Å². The molecule has 0 aromatic heterocycles. The van der Waals surface area contributed by atoms with Crippen LogP contribution in [0.5, 0.6) is 0 Å². The first kappa shape index (κ1) is 12.2. The van der Waals surface area contributed by atoms with E-state index in [1.165, 1.54) is 12.1 Å². The Bertz CT molecular complexity index is 414. The first-order chi connectivity index (χ1) is 7.56. The summed E-state index contributed by atoms with van der Waals surface area (Å²) in [6.07, 6.45) is -0.243. The first-order valence-corrected chi connectivity index (χ1v) is 4.72. The molecule has 0 heterocycles. The quantitative estimate of drug-likeness (QED) is 0.792. The van der Waals surface area contributed by atoms with Crippen molar-refractivity contribution in [2.24, 2.45) is 0 Å². The van der Waals surface area contributed by atoms with Crippen molar-refractivity contribution in [1.82, 2.24) is 0 Å². The normalized spacial score (nSPS) is 9.88. The minimum Gasteiger partial charge on any atom is -0.478 e. The van der Waals surface area contributed by atoms with E-state index >= 15 is 0 Å². The fourth-order valence-electron chi connectivity index (χ4n) is 1.32. The van der Waals surface area contributed by atoms with E-state index in [0.717, 1.165) is 6.07 Å². The fourth-order valence-corrected chi connectivity index (χ4v) is 1.32. The number of aromatic carboxylic acids is 1. The Hall–Kier alpha value is -1.91. The minimum absolute atomic E-state index is 0.117. The van der Waals surface area contributed by atoms with Gasteiger partial charge in [-0.1, -0.05) is 12.1 Å². The molecule has 5 heteroatoms. The van der Waals surface area contributed by atoms with Crippen LogP contribution in [0.15, 0.2) is 18.2 Å². The smallest absolute Gasteiger partial charge is 0.338 e. The molecule has 0 saturated carbocycles. The van der Waals surface area contributed by atoms with Crippen LogP contribution in [0.25, 0.3) is 0 Å². The molecule has 1 N–H and O–H groups in total. The van der Waals surface area contributed by atoms with E-state index < -0.39 is 23.3 Å². The lowest BCUT2D eigenvalue weighted by Crippen LogP contribution is -2.12. The SMILES string of the molecule is CCOC(=O)Cc1cccc(F)c1C(=O)O. The summed E-state index contributed by atoms with van der Waals surface area (Å²) in [6, 6.07) is 3.79. The van der Waals surface area contributed by atoms with Gasteiger partial charge in [0, 0.05) is 0 Å². The summed E-state index contributed by atoms with van der Waals surface area (Å²) in [5.41, 5.74) is -0.360. The Morgan fingerprint density at radius 3 is 2.69 bits per heavy atom. The monoisotopic (exact) mass is 226 g/mol. The molecule has 1 rings (SSSR count). The molecule has 0 fully saturated rings. The number of hydrogen-bond donors (Lipinski definition) is 1. The highest BCUT2D eigenvalue weighted by atomic mass is 19.1. The predicted octanol–water partition coefficient (Wildman–Crippen LogP) is 1.63. The number of carbonyl (C=O) groups excluding carboxylic acids is 1. The lowest BCUT2D eigenvalue weighted by atomic mass is 10.0. The van der Waals surface area contributed by atoms with Gasteiger partial charge in [0.2, 0.25) is 0 Å². The zero-order valence-corrected chi connectivity index (χ0v) is 8.70. The number of hydrogen-bond acceptors (Lipinski definition) is 3. The van der Waals surface area contributed by atoms with Crippen molar-refractivity contribution in [3.8, 4) is 0 Å². The molecule has 0 bridgehead atoms. The number of carboxylic acid groups (broad SMARTS) is 1. The molecule has 16 heavy (non-hydrogen) atoms. The minimum atomic E-state index is -1.39. The average Bonchev–Trinajstić information content (AvgIpc) is 2.17. The molecule has 0 aliphatic carbocycles. The fraction of sp³-hybridized carbons (Fsp3) is 0.273. The van der Waals surface area contributed by atoms with Crippen LogP contribution in [-0.2, 0) is 16.0 Å². The standard InChI is InChI=1S/C11H11FO4/c1-2-16-9(13)6-7-4-3-5-8(12)10(7)11(14)15/h3-5H,2,6H2,1H3,(H,14,15). The van der Waals surface area contributed by atoms with E-state index in [2.05, 4.69) is 4.74 Å². The molecule has 86 valence electrons. The van der Waals surface area contributed by atoms with Crippen LogP contribution in [0, 0.1) is 5.82 Å². The lowest BCUT2D eigenvalue weighted by molar-refractivity contribution is -0.142. The second-order valence-corrected chi connectivity index (χ2v) is 3.06. The van der Waals surface area contributed by atoms with Gasteiger partial charge in [-0.3, -0.25) is 4.79 Å². The van der Waals surface area contributed by atoms with E-state index in [0.29, 0.717) is 0 Å². The molecular formula is C11H11FO4. The Morgan fingerprint density at radius 1 is 1.44 bits per heavy atom. The number of benzene rings is 1. The molecule has 0 aliphatic heterocycles. The summed E-state index contributed by atoms with van der Waals surface area (Å²) in [4.78, 5) is 22.0. The molecule has 4 nitrogen and oxygen atoms in total. The lowest BCUT2D eigenvalue weighted by Gasteiger charge is -2.06. The van der Waals surface area contributed by atoms with Gasteiger partial charge in [0.05, 0.1) is 18.6 Å². The molecule has 0 radical (unpaired) electrons. The van der Waals surface area contributed by atoms with Crippen LogP contribution in [-0.4, -0.2) is 23.7 Å². The number of ether oxygens (including phenoxy) is 1. The largest absolute Gasteiger partial charge is 0.478 e. The van der Waals surface area contributed by atoms with Gasteiger partial charge in [-0.15, -0.1) is 0 Å². The van der Waals surface area contributed by atoms with Gasteiger partial charge in [0.25, 0.3) is 0 Å². The van der Waals surface area contributed by atoms with Gasteiger partial charge in [-0.2, -0.15) is 0 Å². The van der Waals surface area contributed by atoms with Crippen molar-refractivity contribution in [3.05, 3.63) is 35.1 Å². The summed E-state index contributed by atoms with van der Waals surface area (Å²) >= 11 is 0. The Morgan fingerprint density at radius 2 is 2.12 bits per heavy atom. The average molecular weight is 226 g/mol. The van der Waals surface area contributed by atoms with Crippen LogP contribution in [0.3, 0.4) is 0 Å². The van der Waals surface area contributed by atoms with Crippen molar-refractivity contribution < 1.29 is 23.8 Å². The van der Waals surface area contributed by atoms with Crippen molar-refractivity contribution in [2.75, 3.05) is 6.61 Å². The Labute approximate surface area is 91.7 Å². The summed E-state index contributed by atoms with van der Waals surface area (Å²) in [6.45, 7) is 1.85. The third-order valence-electron chi connectivity index (χ3n) is 1.95. The van der Waals surface area contributed by atoms with Gasteiger partial charge < -0.3 is 9.84 Å². The van der Waals surface area contributed by atoms with Gasteiger partial charge >= 0.3 is 11.9 Å². The summed E-state index contributed by atoms with van der Waals surface area (Å²) in [7, 11) is 0. The molecular weight excluding hydrogens is 215 g/mol. The maximum Gasteiger partial charge on any atom is 0.338 e. The molecule has 0 spiro atoms. The summed E-state index contributed by atoms with van der Waals surface area (Å²) in [5.74, 6) is -2.82. The number of esters is 1. The number of carboxylic acids is 1. The summed E-state index contributed by atoms with van der Waals surface area (Å²) < 4.78 is 17.9. The topological polar surface area (TPSA) is 63.6 Å². The second-order valence-electron chi connectivity index (χ2n) is 3.06. The molecule has 0 aliphatic rings. The van der Waals surface area contributed by atoms with Crippen LogP contribution in [0.1, 0.15) is 22.8 Å². The van der Waals surface area contributed by atoms with E-state index in [9.17, 15) is 14.0 Å². The van der Waals surface area contributed by atoms with E-state index in [1.807, 2.05) is 0 Å². The van der Waals surface area contributed by atoms with Crippen LogP contribution < -0.4 is 0 Å². The van der Waals surface area contributed by atoms with E-state index in [4.69, 9.17) is 5.11 Å². The van der Waals surface area contributed by atoms with E-state index in [1.54, 1.807) is 6.92 Å². The van der Waals surface area contributed by atoms with Crippen LogP contribution in [0.2, 0.25) is 0 Å². The Balaban J connectivity index is 3.00. The third-order valence-corrected chi connectivity index (χ3v) is 1.95. The number of rotatable bonds is 4. The predicted molar refractivity (Wildman–Crippen MR) is 53.7 cm³/mol. The van der Waals surface area contributed by atoms with Crippen molar-refractivity contribution in [1.29, 1.82) is 0 Å². The van der Waals surface area contributed by atoms with Crippen molar-refractivity contribution in [3.63, 3.8) is 0 Å². The molecule has 0 saturated heterocycles. The van der Waals surface area contributed by atoms with Gasteiger partial charge in [-0.25, -0.2) is 9.18 Å². The molecule has 1 aromatic rings. The number of carbonyl (C=O) groups is 2. The zero-order chi connectivity index (χ0) is 12.1. The van der Waals surface area contributed by atoms with Crippen LogP contribution in [0.4, 0.5) is 4.39 Å². The summed E-state index contributed by atoms with van der Waals surface area (Å²) in [5, 5.41) is 8.80. The third kappa shape index (κ3) is 2.79. The van der Waals surface area contributed by atoms with Gasteiger partial charge in [-0.05, 0) is 18.6 Å². The number of halogens is 1. The first-order valence-electron chi connectivity index (χ1n) is 4.72.